The van der Waals surface area contributed by atoms with Crippen molar-refractivity contribution < 1.29 is 4.79 Å². The molecule has 8 heteroatoms. The maximum atomic E-state index is 13.1. The highest BCUT2D eigenvalue weighted by atomic mass is 16.2. The van der Waals surface area contributed by atoms with Crippen LogP contribution in [0.1, 0.15) is 60.8 Å². The van der Waals surface area contributed by atoms with Crippen molar-refractivity contribution in [2.45, 2.75) is 52.0 Å². The number of imidazole rings is 1. The maximum absolute atomic E-state index is 13.1. The van der Waals surface area contributed by atoms with Gasteiger partial charge in [0.15, 0.2) is 5.78 Å². The van der Waals surface area contributed by atoms with Gasteiger partial charge in [0, 0.05) is 17.2 Å². The molecule has 2 N–H and O–H groups in total. The lowest BCUT2D eigenvalue weighted by atomic mass is 9.85. The number of nitrogens with zero attached hydrogens (tertiary/aromatic N) is 4. The first-order valence-corrected chi connectivity index (χ1v) is 11.9. The van der Waals surface area contributed by atoms with Crippen molar-refractivity contribution in [3.8, 4) is 22.5 Å². The minimum absolute atomic E-state index is 0.0316. The molecule has 34 heavy (non-hydrogen) atoms. The summed E-state index contributed by atoms with van der Waals surface area (Å²) in [4.78, 5) is 28.8. The highest BCUT2D eigenvalue weighted by molar-refractivity contribution is 5.97. The molecule has 0 radical (unpaired) electrons. The standard InChI is InChI=1S/C26H28N6O2/c1-2-22-23(24(33)19-8-4-3-5-9-19)27-26(34)32(22)16-17-12-14-18(15-13-17)20-10-6-7-11-21(20)25-28-30-31-29-25/h6-7,10-15,19H,2-5,8-9,16H2,1H3,(H,27,34)(H,28,29,30,31). The molecule has 5 rings (SSSR count). The first-order chi connectivity index (χ1) is 16.7. The zero-order valence-electron chi connectivity index (χ0n) is 19.3. The smallest absolute Gasteiger partial charge is 0.303 e. The molecule has 8 nitrogen and oxygen atoms in total. The van der Waals surface area contributed by atoms with Gasteiger partial charge in [-0.25, -0.2) is 4.79 Å². The Balaban J connectivity index is 1.41. The maximum Gasteiger partial charge on any atom is 0.326 e. The number of aromatic amines is 2. The zero-order chi connectivity index (χ0) is 23.5. The summed E-state index contributed by atoms with van der Waals surface area (Å²) in [6, 6.07) is 16.0. The Bertz CT molecular complexity index is 1330. The molecule has 4 aromatic rings. The van der Waals surface area contributed by atoms with Crippen LogP contribution in [0.25, 0.3) is 22.5 Å². The summed E-state index contributed by atoms with van der Waals surface area (Å²) < 4.78 is 1.71. The van der Waals surface area contributed by atoms with Crippen LogP contribution in [0.5, 0.6) is 0 Å². The van der Waals surface area contributed by atoms with Gasteiger partial charge in [-0.15, -0.1) is 10.2 Å². The Labute approximate surface area is 197 Å². The van der Waals surface area contributed by atoms with Gasteiger partial charge in [0.05, 0.1) is 6.54 Å². The summed E-state index contributed by atoms with van der Waals surface area (Å²) >= 11 is 0. The number of benzene rings is 2. The Hall–Kier alpha value is -3.81. The van der Waals surface area contributed by atoms with E-state index in [0.29, 0.717) is 24.5 Å². The molecule has 0 atom stereocenters. The van der Waals surface area contributed by atoms with E-state index < -0.39 is 0 Å². The fraction of sp³-hybridized carbons (Fsp3) is 0.346. The predicted molar refractivity (Wildman–Crippen MR) is 129 cm³/mol. The number of carbonyl (C=O) groups is 1. The molecule has 2 aromatic heterocycles. The number of H-pyrrole nitrogens is 2. The average Bonchev–Trinajstić information content (AvgIpc) is 3.53. The first kappa shape index (κ1) is 22.0. The van der Waals surface area contributed by atoms with E-state index in [1.54, 1.807) is 4.57 Å². The summed E-state index contributed by atoms with van der Waals surface area (Å²) in [7, 11) is 0. The number of hydrogen-bond donors (Lipinski definition) is 2. The first-order valence-electron chi connectivity index (χ1n) is 11.9. The number of rotatable bonds is 7. The van der Waals surface area contributed by atoms with Crippen molar-refractivity contribution in [1.82, 2.24) is 30.2 Å². The van der Waals surface area contributed by atoms with Crippen molar-refractivity contribution in [3.05, 3.63) is 76.0 Å². The largest absolute Gasteiger partial charge is 0.326 e. The number of carbonyl (C=O) groups excluding carboxylic acids is 1. The quantitative estimate of drug-likeness (QED) is 0.401. The molecule has 0 aliphatic heterocycles. The van der Waals surface area contributed by atoms with Crippen molar-refractivity contribution in [2.24, 2.45) is 5.92 Å². The molecule has 2 heterocycles. The summed E-state index contributed by atoms with van der Waals surface area (Å²) in [5.74, 6) is 0.672. The van der Waals surface area contributed by atoms with Gasteiger partial charge in [-0.3, -0.25) is 9.36 Å². The summed E-state index contributed by atoms with van der Waals surface area (Å²) in [5, 5.41) is 14.4. The number of Topliss-reactive ketones (excluding diaryl/α,β-unsaturated/α-hetero) is 1. The van der Waals surface area contributed by atoms with E-state index in [0.717, 1.165) is 53.6 Å². The van der Waals surface area contributed by atoms with Gasteiger partial charge >= 0.3 is 5.69 Å². The Kier molecular flexibility index (Phi) is 6.20. The van der Waals surface area contributed by atoms with Gasteiger partial charge in [-0.1, -0.05) is 74.7 Å². The van der Waals surface area contributed by atoms with Crippen LogP contribution in [-0.2, 0) is 13.0 Å². The van der Waals surface area contributed by atoms with E-state index in [4.69, 9.17) is 0 Å². The van der Waals surface area contributed by atoms with Gasteiger partial charge in [-0.2, -0.15) is 5.21 Å². The summed E-state index contributed by atoms with van der Waals surface area (Å²) in [5.41, 5.74) is 5.00. The van der Waals surface area contributed by atoms with Gasteiger partial charge < -0.3 is 4.98 Å². The SMILES string of the molecule is CCc1c(C(=O)C2CCCCC2)[nH]c(=O)n1Cc1ccc(-c2ccccc2-c2nn[nH]n2)cc1. The van der Waals surface area contributed by atoms with E-state index in [1.807, 2.05) is 55.5 Å². The number of nitrogens with one attached hydrogen (secondary N) is 2. The third-order valence-electron chi connectivity index (χ3n) is 6.77. The fourth-order valence-electron chi connectivity index (χ4n) is 4.99. The Morgan fingerprint density at radius 1 is 1.03 bits per heavy atom. The van der Waals surface area contributed by atoms with Crippen LogP contribution in [0.3, 0.4) is 0 Å². The molecule has 2 aromatic carbocycles. The molecule has 1 saturated carbocycles. The van der Waals surface area contributed by atoms with E-state index >= 15 is 0 Å². The van der Waals surface area contributed by atoms with Crippen LogP contribution in [0.15, 0.2) is 53.3 Å². The van der Waals surface area contributed by atoms with Crippen LogP contribution in [0, 0.1) is 5.92 Å². The lowest BCUT2D eigenvalue weighted by Gasteiger charge is -2.20. The van der Waals surface area contributed by atoms with Crippen LogP contribution in [0.2, 0.25) is 0 Å². The highest BCUT2D eigenvalue weighted by Crippen LogP contribution is 2.30. The second kappa shape index (κ2) is 9.59. The van der Waals surface area contributed by atoms with Gasteiger partial charge in [-0.05, 0) is 41.2 Å². The summed E-state index contributed by atoms with van der Waals surface area (Å²) in [6.07, 6.45) is 5.83. The van der Waals surface area contributed by atoms with Crippen LogP contribution < -0.4 is 5.69 Å². The normalized spacial score (nSPS) is 14.4. The van der Waals surface area contributed by atoms with E-state index in [-0.39, 0.29) is 17.4 Å². The highest BCUT2D eigenvalue weighted by Gasteiger charge is 2.27. The van der Waals surface area contributed by atoms with Gasteiger partial charge in [0.2, 0.25) is 5.82 Å². The molecular formula is C26H28N6O2. The lowest BCUT2D eigenvalue weighted by molar-refractivity contribution is 0.0883. The lowest BCUT2D eigenvalue weighted by Crippen LogP contribution is -2.20. The van der Waals surface area contributed by atoms with Gasteiger partial charge in [0.25, 0.3) is 0 Å². The van der Waals surface area contributed by atoms with Crippen molar-refractivity contribution in [1.29, 1.82) is 0 Å². The number of aromatic nitrogens is 6. The van der Waals surface area contributed by atoms with Crippen molar-refractivity contribution in [3.63, 3.8) is 0 Å². The fourth-order valence-corrected chi connectivity index (χ4v) is 4.99. The van der Waals surface area contributed by atoms with E-state index in [2.05, 4.69) is 25.6 Å². The zero-order valence-corrected chi connectivity index (χ0v) is 19.3. The Morgan fingerprint density at radius 3 is 2.44 bits per heavy atom. The third kappa shape index (κ3) is 4.23. The molecule has 0 saturated heterocycles. The predicted octanol–water partition coefficient (Wildman–Crippen LogP) is 4.40. The summed E-state index contributed by atoms with van der Waals surface area (Å²) in [6.45, 7) is 2.41. The second-order valence-corrected chi connectivity index (χ2v) is 8.87. The van der Waals surface area contributed by atoms with Crippen LogP contribution in [-0.4, -0.2) is 36.0 Å². The van der Waals surface area contributed by atoms with Crippen LogP contribution in [0.4, 0.5) is 0 Å². The molecular weight excluding hydrogens is 428 g/mol. The Morgan fingerprint density at radius 2 is 1.76 bits per heavy atom. The number of hydrogen-bond acceptors (Lipinski definition) is 5. The monoisotopic (exact) mass is 456 g/mol. The number of ketones is 1. The second-order valence-electron chi connectivity index (χ2n) is 8.87. The molecule has 0 unspecified atom stereocenters. The van der Waals surface area contributed by atoms with Crippen molar-refractivity contribution >= 4 is 5.78 Å². The van der Waals surface area contributed by atoms with E-state index in [9.17, 15) is 9.59 Å². The third-order valence-corrected chi connectivity index (χ3v) is 6.77. The molecule has 0 spiro atoms. The molecule has 0 bridgehead atoms. The van der Waals surface area contributed by atoms with E-state index in [1.165, 1.54) is 6.42 Å². The molecule has 1 aliphatic carbocycles. The molecule has 1 fully saturated rings. The number of tetrazole rings is 1. The van der Waals surface area contributed by atoms with Crippen LogP contribution >= 0.6 is 0 Å². The minimum Gasteiger partial charge on any atom is -0.303 e. The molecule has 0 amide bonds. The minimum atomic E-state index is -0.220. The van der Waals surface area contributed by atoms with Crippen molar-refractivity contribution in [2.75, 3.05) is 0 Å². The molecule has 174 valence electrons. The topological polar surface area (TPSA) is 109 Å². The van der Waals surface area contributed by atoms with Gasteiger partial charge in [0.1, 0.15) is 5.69 Å². The molecule has 1 aliphatic rings. The average molecular weight is 457 g/mol.